The molecule has 0 radical (unpaired) electrons. The van der Waals surface area contributed by atoms with Gasteiger partial charge in [-0.3, -0.25) is 4.79 Å². The molecule has 2 heterocycles. The van der Waals surface area contributed by atoms with Crippen LogP contribution in [0.1, 0.15) is 24.7 Å². The zero-order valence-electron chi connectivity index (χ0n) is 11.6. The fraction of sp³-hybridized carbons (Fsp3) is 0.267. The third kappa shape index (κ3) is 2.69. The van der Waals surface area contributed by atoms with Crippen LogP contribution in [0.4, 0.5) is 4.39 Å². The zero-order valence-corrected chi connectivity index (χ0v) is 11.6. The minimum atomic E-state index is -0.280. The quantitative estimate of drug-likeness (QED) is 0.800. The molecular weight excluding hydrogens is 271 g/mol. The van der Waals surface area contributed by atoms with E-state index >= 15 is 0 Å². The number of aryl methyl sites for hydroxylation is 1. The Morgan fingerprint density at radius 1 is 1.29 bits per heavy atom. The molecular formula is C15H15FN4O. The summed E-state index contributed by atoms with van der Waals surface area (Å²) in [5.41, 5.74) is 1.60. The molecule has 0 saturated heterocycles. The van der Waals surface area contributed by atoms with Gasteiger partial charge in [0.1, 0.15) is 11.6 Å². The molecule has 0 spiro atoms. The molecule has 0 fully saturated rings. The lowest BCUT2D eigenvalue weighted by atomic mass is 10.2. The van der Waals surface area contributed by atoms with Crippen molar-refractivity contribution >= 4 is 11.2 Å². The van der Waals surface area contributed by atoms with Crippen LogP contribution in [0.5, 0.6) is 0 Å². The Hall–Kier alpha value is -2.50. The van der Waals surface area contributed by atoms with Crippen molar-refractivity contribution in [1.29, 1.82) is 0 Å². The zero-order chi connectivity index (χ0) is 14.8. The van der Waals surface area contributed by atoms with Crippen LogP contribution in [0.25, 0.3) is 11.2 Å². The van der Waals surface area contributed by atoms with E-state index in [0.717, 1.165) is 18.4 Å². The van der Waals surface area contributed by atoms with Gasteiger partial charge < -0.3 is 9.55 Å². The largest absolute Gasteiger partial charge is 0.320 e. The maximum Gasteiger partial charge on any atom is 0.277 e. The van der Waals surface area contributed by atoms with Crippen LogP contribution in [0.15, 0.2) is 35.4 Å². The number of imidazole rings is 1. The van der Waals surface area contributed by atoms with Crippen LogP contribution in [0.2, 0.25) is 0 Å². The van der Waals surface area contributed by atoms with Crippen LogP contribution in [0.3, 0.4) is 0 Å². The smallest absolute Gasteiger partial charge is 0.277 e. The second-order valence-electron chi connectivity index (χ2n) is 4.93. The van der Waals surface area contributed by atoms with Crippen LogP contribution in [0, 0.1) is 5.82 Å². The maximum absolute atomic E-state index is 12.9. The van der Waals surface area contributed by atoms with Gasteiger partial charge in [0.2, 0.25) is 0 Å². The molecule has 3 aromatic rings. The van der Waals surface area contributed by atoms with Gasteiger partial charge >= 0.3 is 0 Å². The number of nitrogens with zero attached hydrogens (tertiary/aromatic N) is 3. The van der Waals surface area contributed by atoms with Crippen molar-refractivity contribution in [3.8, 4) is 0 Å². The number of halogens is 1. The van der Waals surface area contributed by atoms with Crippen LogP contribution < -0.4 is 5.56 Å². The summed E-state index contributed by atoms with van der Waals surface area (Å²) in [6.45, 7) is 2.48. The van der Waals surface area contributed by atoms with Crippen LogP contribution in [-0.2, 0) is 13.0 Å². The van der Waals surface area contributed by atoms with Crippen molar-refractivity contribution in [2.24, 2.45) is 0 Å². The second kappa shape index (κ2) is 5.47. The number of rotatable bonds is 4. The van der Waals surface area contributed by atoms with Gasteiger partial charge in [0.25, 0.3) is 5.56 Å². The van der Waals surface area contributed by atoms with Crippen molar-refractivity contribution in [3.63, 3.8) is 0 Å². The molecule has 0 aliphatic carbocycles. The lowest BCUT2D eigenvalue weighted by Crippen LogP contribution is -2.15. The van der Waals surface area contributed by atoms with Gasteiger partial charge in [0, 0.05) is 13.0 Å². The van der Waals surface area contributed by atoms with Gasteiger partial charge in [-0.15, -0.1) is 0 Å². The average molecular weight is 286 g/mol. The average Bonchev–Trinajstić information content (AvgIpc) is 2.85. The summed E-state index contributed by atoms with van der Waals surface area (Å²) >= 11 is 0. The molecule has 0 aliphatic heterocycles. The standard InChI is InChI=1S/C15H15FN4O/c1-2-3-12-18-14-13(15(21)19-12)20(9-17-14)8-10-4-6-11(16)7-5-10/h4-7,9H,2-3,8H2,1H3,(H,18,19,21). The van der Waals surface area contributed by atoms with E-state index in [2.05, 4.69) is 15.0 Å². The van der Waals surface area contributed by atoms with Gasteiger partial charge in [-0.1, -0.05) is 19.1 Å². The molecule has 1 aromatic carbocycles. The minimum Gasteiger partial charge on any atom is -0.320 e. The summed E-state index contributed by atoms with van der Waals surface area (Å²) in [5.74, 6) is 0.375. The highest BCUT2D eigenvalue weighted by molar-refractivity contribution is 5.69. The van der Waals surface area contributed by atoms with Crippen molar-refractivity contribution in [2.45, 2.75) is 26.3 Å². The van der Waals surface area contributed by atoms with E-state index in [1.807, 2.05) is 6.92 Å². The Morgan fingerprint density at radius 3 is 2.76 bits per heavy atom. The van der Waals surface area contributed by atoms with Gasteiger partial charge in [0.15, 0.2) is 11.2 Å². The Labute approximate surface area is 120 Å². The topological polar surface area (TPSA) is 63.6 Å². The molecule has 3 rings (SSSR count). The first-order valence-electron chi connectivity index (χ1n) is 6.86. The van der Waals surface area contributed by atoms with Gasteiger partial charge in [-0.2, -0.15) is 0 Å². The van der Waals surface area contributed by atoms with E-state index in [9.17, 15) is 9.18 Å². The predicted octanol–water partition coefficient (Wildman–Crippen LogP) is 2.26. The molecule has 0 aliphatic rings. The molecule has 0 bridgehead atoms. The first-order chi connectivity index (χ1) is 10.2. The molecule has 1 N–H and O–H groups in total. The summed E-state index contributed by atoms with van der Waals surface area (Å²) in [6, 6.07) is 6.18. The molecule has 0 atom stereocenters. The first-order valence-corrected chi connectivity index (χ1v) is 6.86. The number of hydrogen-bond acceptors (Lipinski definition) is 3. The summed E-state index contributed by atoms with van der Waals surface area (Å²) < 4.78 is 14.6. The number of H-pyrrole nitrogens is 1. The van der Waals surface area contributed by atoms with E-state index in [1.165, 1.54) is 12.1 Å². The molecule has 0 saturated carbocycles. The Morgan fingerprint density at radius 2 is 2.05 bits per heavy atom. The number of aromatic amines is 1. The predicted molar refractivity (Wildman–Crippen MR) is 77.6 cm³/mol. The van der Waals surface area contributed by atoms with Gasteiger partial charge in [-0.05, 0) is 24.1 Å². The third-order valence-corrected chi connectivity index (χ3v) is 3.29. The molecule has 0 unspecified atom stereocenters. The second-order valence-corrected chi connectivity index (χ2v) is 4.93. The molecule has 2 aromatic heterocycles. The first kappa shape index (κ1) is 13.5. The summed E-state index contributed by atoms with van der Waals surface area (Å²) in [7, 11) is 0. The highest BCUT2D eigenvalue weighted by atomic mass is 19.1. The van der Waals surface area contributed by atoms with Crippen LogP contribution in [-0.4, -0.2) is 19.5 Å². The van der Waals surface area contributed by atoms with Gasteiger partial charge in [0.05, 0.1) is 6.33 Å². The fourth-order valence-electron chi connectivity index (χ4n) is 2.29. The molecule has 21 heavy (non-hydrogen) atoms. The number of nitrogens with one attached hydrogen (secondary N) is 1. The Balaban J connectivity index is 2.00. The summed E-state index contributed by atoms with van der Waals surface area (Å²) in [4.78, 5) is 23.5. The number of benzene rings is 1. The molecule has 0 amide bonds. The van der Waals surface area contributed by atoms with Crippen molar-refractivity contribution < 1.29 is 4.39 Å². The van der Waals surface area contributed by atoms with E-state index in [-0.39, 0.29) is 11.4 Å². The number of hydrogen-bond donors (Lipinski definition) is 1. The third-order valence-electron chi connectivity index (χ3n) is 3.29. The van der Waals surface area contributed by atoms with E-state index < -0.39 is 0 Å². The van der Waals surface area contributed by atoms with E-state index in [4.69, 9.17) is 0 Å². The minimum absolute atomic E-state index is 0.192. The van der Waals surface area contributed by atoms with Crippen LogP contribution >= 0.6 is 0 Å². The normalized spacial score (nSPS) is 11.1. The number of fused-ring (bicyclic) bond motifs is 1. The van der Waals surface area contributed by atoms with Crippen molar-refractivity contribution in [1.82, 2.24) is 19.5 Å². The molecule has 5 nitrogen and oxygen atoms in total. The van der Waals surface area contributed by atoms with Crippen molar-refractivity contribution in [2.75, 3.05) is 0 Å². The Kier molecular flexibility index (Phi) is 3.51. The highest BCUT2D eigenvalue weighted by Crippen LogP contribution is 2.10. The lowest BCUT2D eigenvalue weighted by Gasteiger charge is -2.04. The summed E-state index contributed by atoms with van der Waals surface area (Å²) in [6.07, 6.45) is 3.22. The summed E-state index contributed by atoms with van der Waals surface area (Å²) in [5, 5.41) is 0. The van der Waals surface area contributed by atoms with Crippen molar-refractivity contribution in [3.05, 3.63) is 58.2 Å². The monoisotopic (exact) mass is 286 g/mol. The molecule has 108 valence electrons. The van der Waals surface area contributed by atoms with E-state index in [0.29, 0.717) is 23.5 Å². The lowest BCUT2D eigenvalue weighted by molar-refractivity contribution is 0.626. The fourth-order valence-corrected chi connectivity index (χ4v) is 2.29. The highest BCUT2D eigenvalue weighted by Gasteiger charge is 2.10. The SMILES string of the molecule is CCCc1nc2ncn(Cc3ccc(F)cc3)c2c(=O)[nH]1. The Bertz CT molecular complexity index is 820. The molecule has 6 heteroatoms. The number of aromatic nitrogens is 4. The van der Waals surface area contributed by atoms with E-state index in [1.54, 1.807) is 23.0 Å². The van der Waals surface area contributed by atoms with Gasteiger partial charge in [-0.25, -0.2) is 14.4 Å². The maximum atomic E-state index is 12.9.